The number of hydrogen-bond donors (Lipinski definition) is 4. The van der Waals surface area contributed by atoms with E-state index in [0.29, 0.717) is 36.9 Å². The van der Waals surface area contributed by atoms with E-state index in [4.69, 9.17) is 5.11 Å². The van der Waals surface area contributed by atoms with Gasteiger partial charge in [-0.25, -0.2) is 17.9 Å². The fourth-order valence-electron chi connectivity index (χ4n) is 4.70. The van der Waals surface area contributed by atoms with Crippen molar-refractivity contribution < 1.29 is 33.3 Å². The number of carbonyl (C=O) groups excluding carboxylic acids is 1. The summed E-state index contributed by atoms with van der Waals surface area (Å²) in [7, 11) is -3.85. The molecule has 42 heavy (non-hydrogen) atoms. The molecule has 9 nitrogen and oxygen atoms in total. The van der Waals surface area contributed by atoms with E-state index in [1.165, 1.54) is 4.90 Å². The van der Waals surface area contributed by atoms with Crippen molar-refractivity contribution in [2.75, 3.05) is 25.4 Å². The van der Waals surface area contributed by atoms with Gasteiger partial charge in [-0.2, -0.15) is 0 Å². The van der Waals surface area contributed by atoms with Crippen LogP contribution in [0.1, 0.15) is 59.8 Å². The first-order valence-electron chi connectivity index (χ1n) is 14.1. The van der Waals surface area contributed by atoms with Gasteiger partial charge in [0, 0.05) is 18.7 Å². The van der Waals surface area contributed by atoms with E-state index in [0.717, 1.165) is 22.3 Å². The van der Waals surface area contributed by atoms with E-state index >= 15 is 0 Å². The van der Waals surface area contributed by atoms with E-state index in [-0.39, 0.29) is 31.2 Å². The highest BCUT2D eigenvalue weighted by molar-refractivity contribution is 7.90. The van der Waals surface area contributed by atoms with Crippen molar-refractivity contribution in [2.45, 2.75) is 45.6 Å². The summed E-state index contributed by atoms with van der Waals surface area (Å²) in [5.41, 5.74) is 4.59. The number of sulfonamides is 1. The maximum Gasteiger partial charge on any atom is 0.407 e. The predicted molar refractivity (Wildman–Crippen MR) is 163 cm³/mol. The molecule has 4 N–H and O–H groups in total. The number of rotatable bonds is 15. The number of carboxylic acid groups (broad SMARTS) is 1. The molecule has 0 spiro atoms. The molecule has 0 bridgehead atoms. The predicted octanol–water partition coefficient (Wildman–Crippen LogP) is 4.64. The number of amides is 2. The highest BCUT2D eigenvalue weighted by Gasteiger charge is 2.20. The minimum absolute atomic E-state index is 0.000394. The lowest BCUT2D eigenvalue weighted by Gasteiger charge is -2.22. The average molecular weight is 597 g/mol. The van der Waals surface area contributed by atoms with Gasteiger partial charge in [0.2, 0.25) is 10.0 Å². The Hall–Kier alpha value is -3.73. The zero-order chi connectivity index (χ0) is 30.7. The normalized spacial score (nSPS) is 12.2. The summed E-state index contributed by atoms with van der Waals surface area (Å²) < 4.78 is 26.5. The van der Waals surface area contributed by atoms with Crippen molar-refractivity contribution in [3.05, 3.63) is 95.1 Å². The summed E-state index contributed by atoms with van der Waals surface area (Å²) in [6.07, 6.45) is -0.0755. The summed E-state index contributed by atoms with van der Waals surface area (Å²) >= 11 is 0. The van der Waals surface area contributed by atoms with E-state index < -0.39 is 28.1 Å². The molecule has 3 aromatic carbocycles. The third-order valence-electron chi connectivity index (χ3n) is 6.83. The maximum atomic E-state index is 12.8. The molecule has 0 aliphatic rings. The van der Waals surface area contributed by atoms with Crippen LogP contribution < -0.4 is 4.72 Å². The van der Waals surface area contributed by atoms with E-state index in [9.17, 15) is 28.2 Å². The van der Waals surface area contributed by atoms with Crippen LogP contribution in [0.4, 0.5) is 4.79 Å². The number of aliphatic hydroxyl groups excluding tert-OH is 2. The van der Waals surface area contributed by atoms with Crippen LogP contribution in [-0.2, 0) is 22.9 Å². The minimum Gasteiger partial charge on any atom is -0.465 e. The second-order valence-electron chi connectivity index (χ2n) is 10.8. The summed E-state index contributed by atoms with van der Waals surface area (Å²) in [6, 6.07) is 22.2. The van der Waals surface area contributed by atoms with Gasteiger partial charge in [-0.05, 0) is 65.5 Å². The van der Waals surface area contributed by atoms with Gasteiger partial charge in [-0.1, -0.05) is 80.6 Å². The van der Waals surface area contributed by atoms with Crippen molar-refractivity contribution in [2.24, 2.45) is 5.92 Å². The summed E-state index contributed by atoms with van der Waals surface area (Å²) in [4.78, 5) is 25.8. The lowest BCUT2D eigenvalue weighted by Crippen LogP contribution is -2.34. The van der Waals surface area contributed by atoms with E-state index in [1.54, 1.807) is 36.4 Å². The zero-order valence-electron chi connectivity index (χ0n) is 24.1. The second-order valence-corrected chi connectivity index (χ2v) is 12.6. The molecule has 0 aliphatic carbocycles. The van der Waals surface area contributed by atoms with Crippen molar-refractivity contribution in [3.63, 3.8) is 0 Å². The number of carbonyl (C=O) groups is 2. The molecule has 1 atom stereocenters. The standard InChI is InChI=1S/C32H40N2O7S/c1-23(2)20-28-21-27(15-16-29(28)31(37)33-42(40,41)19-7-18-35)25-13-11-24(12-14-25)8-6-17-34(32(38)39)22-30(36)26-9-4-3-5-10-26/h3-5,9-16,21,23,30,35-36H,6-8,17-20,22H2,1-2H3,(H,33,37)(H,38,39)/t30-/m1/s1. The van der Waals surface area contributed by atoms with Crippen LogP contribution >= 0.6 is 0 Å². The maximum absolute atomic E-state index is 12.8. The Morgan fingerprint density at radius 2 is 1.60 bits per heavy atom. The molecule has 0 radical (unpaired) electrons. The molecule has 3 rings (SSSR count). The fraction of sp³-hybridized carbons (Fsp3) is 0.375. The van der Waals surface area contributed by atoms with Crippen molar-refractivity contribution in [1.29, 1.82) is 0 Å². The second kappa shape index (κ2) is 15.5. The van der Waals surface area contributed by atoms with Crippen molar-refractivity contribution >= 4 is 22.0 Å². The Bertz CT molecular complexity index is 1420. The molecular formula is C32H40N2O7S. The molecule has 0 aromatic heterocycles. The van der Waals surface area contributed by atoms with Crippen LogP contribution in [0.15, 0.2) is 72.8 Å². The SMILES string of the molecule is CC(C)Cc1cc(-c2ccc(CCCN(C[C@@H](O)c3ccccc3)C(=O)O)cc2)ccc1C(=O)NS(=O)(=O)CCCO. The van der Waals surface area contributed by atoms with Crippen LogP contribution in [0, 0.1) is 5.92 Å². The molecule has 0 fully saturated rings. The lowest BCUT2D eigenvalue weighted by molar-refractivity contribution is 0.0962. The molecule has 0 unspecified atom stereocenters. The number of aliphatic hydroxyl groups is 2. The van der Waals surface area contributed by atoms with Crippen LogP contribution in [0.25, 0.3) is 11.1 Å². The zero-order valence-corrected chi connectivity index (χ0v) is 24.9. The minimum atomic E-state index is -3.85. The number of hydrogen-bond acceptors (Lipinski definition) is 6. The first-order valence-corrected chi connectivity index (χ1v) is 15.7. The summed E-state index contributed by atoms with van der Waals surface area (Å²) in [5.74, 6) is -0.778. The molecule has 0 saturated heterocycles. The Labute approximate surface area is 247 Å². The van der Waals surface area contributed by atoms with Gasteiger partial charge in [0.25, 0.3) is 5.91 Å². The number of nitrogens with one attached hydrogen (secondary N) is 1. The molecule has 10 heteroatoms. The Morgan fingerprint density at radius 1 is 0.929 bits per heavy atom. The first-order chi connectivity index (χ1) is 20.0. The van der Waals surface area contributed by atoms with Crippen molar-refractivity contribution in [1.82, 2.24) is 9.62 Å². The van der Waals surface area contributed by atoms with Gasteiger partial charge in [0.05, 0.1) is 18.4 Å². The molecule has 2 amide bonds. The molecule has 0 heterocycles. The van der Waals surface area contributed by atoms with Crippen molar-refractivity contribution in [3.8, 4) is 11.1 Å². The highest BCUT2D eigenvalue weighted by Crippen LogP contribution is 2.26. The van der Waals surface area contributed by atoms with Crippen LogP contribution in [0.2, 0.25) is 0 Å². The molecule has 0 saturated carbocycles. The van der Waals surface area contributed by atoms with Gasteiger partial charge >= 0.3 is 6.09 Å². The number of aryl methyl sites for hydroxylation is 1. The molecule has 226 valence electrons. The monoisotopic (exact) mass is 596 g/mol. The van der Waals surface area contributed by atoms with Gasteiger partial charge < -0.3 is 20.2 Å². The molecule has 0 aliphatic heterocycles. The van der Waals surface area contributed by atoms with E-state index in [1.807, 2.05) is 50.2 Å². The van der Waals surface area contributed by atoms with Crippen LogP contribution in [0.3, 0.4) is 0 Å². The van der Waals surface area contributed by atoms with Gasteiger partial charge in [-0.3, -0.25) is 4.79 Å². The Morgan fingerprint density at radius 3 is 2.21 bits per heavy atom. The molecular weight excluding hydrogens is 556 g/mol. The first kappa shape index (κ1) is 32.8. The van der Waals surface area contributed by atoms with E-state index in [2.05, 4.69) is 4.72 Å². The average Bonchev–Trinajstić information content (AvgIpc) is 2.95. The largest absolute Gasteiger partial charge is 0.465 e. The lowest BCUT2D eigenvalue weighted by atomic mass is 9.93. The Balaban J connectivity index is 1.66. The third kappa shape index (κ3) is 9.97. The fourth-order valence-corrected chi connectivity index (χ4v) is 5.70. The number of nitrogens with zero attached hydrogens (tertiary/aromatic N) is 1. The summed E-state index contributed by atoms with van der Waals surface area (Å²) in [6.45, 7) is 4.06. The van der Waals surface area contributed by atoms with Crippen LogP contribution in [0.5, 0.6) is 0 Å². The van der Waals surface area contributed by atoms with Crippen LogP contribution in [-0.4, -0.2) is 66.1 Å². The third-order valence-corrected chi connectivity index (χ3v) is 8.15. The topological polar surface area (TPSA) is 144 Å². The van der Waals surface area contributed by atoms with Gasteiger partial charge in [0.1, 0.15) is 0 Å². The van der Waals surface area contributed by atoms with Gasteiger partial charge in [-0.15, -0.1) is 0 Å². The Kier molecular flexibility index (Phi) is 12.1. The quantitative estimate of drug-likeness (QED) is 0.200. The highest BCUT2D eigenvalue weighted by atomic mass is 32.2. The molecule has 3 aromatic rings. The van der Waals surface area contributed by atoms with Gasteiger partial charge in [0.15, 0.2) is 0 Å². The smallest absolute Gasteiger partial charge is 0.407 e. The number of benzene rings is 3. The summed E-state index contributed by atoms with van der Waals surface area (Å²) in [5, 5.41) is 28.9.